The zero-order valence-corrected chi connectivity index (χ0v) is 13.6. The molecule has 0 aliphatic carbocycles. The maximum absolute atomic E-state index is 5.88. The van der Waals surface area contributed by atoms with Crippen LogP contribution >= 0.6 is 22.9 Å². The molecule has 2 aromatic carbocycles. The maximum Gasteiger partial charge on any atom is 0.183 e. The first-order valence-electron chi connectivity index (χ1n) is 6.88. The van der Waals surface area contributed by atoms with Crippen molar-refractivity contribution in [3.8, 4) is 11.5 Å². The van der Waals surface area contributed by atoms with Crippen LogP contribution in [0.25, 0.3) is 0 Å². The first kappa shape index (κ1) is 14.9. The zero-order valence-electron chi connectivity index (χ0n) is 12.0. The number of aromatic nitrogens is 1. The number of nitrogens with one attached hydrogen (secondary N) is 1. The summed E-state index contributed by atoms with van der Waals surface area (Å²) in [6.45, 7) is 2.74. The lowest BCUT2D eigenvalue weighted by atomic mass is 10.2. The highest BCUT2D eigenvalue weighted by Gasteiger charge is 2.02. The van der Waals surface area contributed by atoms with Crippen LogP contribution in [0.4, 0.5) is 5.69 Å². The quantitative estimate of drug-likeness (QED) is 0.669. The highest BCUT2D eigenvalue weighted by Crippen LogP contribution is 2.26. The van der Waals surface area contributed by atoms with Crippen molar-refractivity contribution in [1.82, 2.24) is 4.98 Å². The molecule has 0 saturated carbocycles. The molecule has 0 amide bonds. The number of halogens is 1. The Balaban J connectivity index is 1.61. The Bertz CT molecular complexity index is 755. The number of para-hydroxylation sites is 1. The second kappa shape index (κ2) is 6.81. The number of hydrogen-bond acceptors (Lipinski definition) is 4. The molecule has 0 aliphatic rings. The van der Waals surface area contributed by atoms with Gasteiger partial charge in [-0.05, 0) is 42.8 Å². The van der Waals surface area contributed by atoms with Gasteiger partial charge in [-0.3, -0.25) is 0 Å². The molecule has 1 N–H and O–H groups in total. The van der Waals surface area contributed by atoms with Crippen LogP contribution in [0.5, 0.6) is 11.5 Å². The van der Waals surface area contributed by atoms with Gasteiger partial charge in [-0.1, -0.05) is 29.8 Å². The largest absolute Gasteiger partial charge is 0.457 e. The minimum Gasteiger partial charge on any atom is -0.457 e. The molecule has 0 saturated heterocycles. The predicted octanol–water partition coefficient (Wildman–Crippen LogP) is 5.51. The fraction of sp³-hybridized carbons (Fsp3) is 0.118. The molecular formula is C17H15ClN2OS. The van der Waals surface area contributed by atoms with Gasteiger partial charge >= 0.3 is 0 Å². The number of ether oxygens (including phenoxy) is 1. The summed E-state index contributed by atoms with van der Waals surface area (Å²) in [5.41, 5.74) is 2.15. The van der Waals surface area contributed by atoms with E-state index in [9.17, 15) is 0 Å². The molecule has 0 aliphatic heterocycles. The number of benzene rings is 2. The first-order valence-corrected chi connectivity index (χ1v) is 8.08. The summed E-state index contributed by atoms with van der Waals surface area (Å²) in [5, 5.41) is 3.33. The average Bonchev–Trinajstić information content (AvgIpc) is 2.94. The SMILES string of the molecule is Cc1ccccc1Oc1ccc(NCc2cnc(Cl)s2)cc1. The van der Waals surface area contributed by atoms with Gasteiger partial charge in [-0.25, -0.2) is 4.98 Å². The van der Waals surface area contributed by atoms with Crippen molar-refractivity contribution in [3.63, 3.8) is 0 Å². The summed E-state index contributed by atoms with van der Waals surface area (Å²) < 4.78 is 6.45. The molecule has 0 atom stereocenters. The molecule has 112 valence electrons. The van der Waals surface area contributed by atoms with Gasteiger partial charge in [-0.15, -0.1) is 11.3 Å². The van der Waals surface area contributed by atoms with Crippen molar-refractivity contribution in [1.29, 1.82) is 0 Å². The molecule has 3 nitrogen and oxygen atoms in total. The van der Waals surface area contributed by atoms with Gasteiger partial charge in [0.15, 0.2) is 4.47 Å². The van der Waals surface area contributed by atoms with Crippen LogP contribution in [0, 0.1) is 6.92 Å². The molecule has 0 unspecified atom stereocenters. The molecule has 3 rings (SSSR count). The van der Waals surface area contributed by atoms with E-state index in [0.29, 0.717) is 11.0 Å². The number of nitrogens with zero attached hydrogens (tertiary/aromatic N) is 1. The average molecular weight is 331 g/mol. The Hall–Kier alpha value is -2.04. The fourth-order valence-corrected chi connectivity index (χ4v) is 2.91. The smallest absolute Gasteiger partial charge is 0.183 e. The topological polar surface area (TPSA) is 34.1 Å². The van der Waals surface area contributed by atoms with Gasteiger partial charge in [0.2, 0.25) is 0 Å². The van der Waals surface area contributed by atoms with Crippen molar-refractivity contribution in [3.05, 3.63) is 69.6 Å². The molecule has 5 heteroatoms. The predicted molar refractivity (Wildman–Crippen MR) is 92.1 cm³/mol. The van der Waals surface area contributed by atoms with Crippen molar-refractivity contribution < 1.29 is 4.74 Å². The van der Waals surface area contributed by atoms with Gasteiger partial charge in [0, 0.05) is 16.8 Å². The number of hydrogen-bond donors (Lipinski definition) is 1. The van der Waals surface area contributed by atoms with E-state index in [0.717, 1.165) is 27.6 Å². The third-order valence-electron chi connectivity index (χ3n) is 3.17. The van der Waals surface area contributed by atoms with E-state index < -0.39 is 0 Å². The van der Waals surface area contributed by atoms with Gasteiger partial charge < -0.3 is 10.1 Å². The Morgan fingerprint density at radius 2 is 1.91 bits per heavy atom. The van der Waals surface area contributed by atoms with Crippen LogP contribution in [-0.4, -0.2) is 4.98 Å². The lowest BCUT2D eigenvalue weighted by Gasteiger charge is -2.09. The van der Waals surface area contributed by atoms with Crippen LogP contribution in [0.3, 0.4) is 0 Å². The Morgan fingerprint density at radius 1 is 1.14 bits per heavy atom. The monoisotopic (exact) mass is 330 g/mol. The lowest BCUT2D eigenvalue weighted by molar-refractivity contribution is 0.479. The highest BCUT2D eigenvalue weighted by atomic mass is 35.5. The number of rotatable bonds is 5. The van der Waals surface area contributed by atoms with E-state index in [1.165, 1.54) is 11.3 Å². The minimum atomic E-state index is 0.568. The summed E-state index contributed by atoms with van der Waals surface area (Å²) in [6.07, 6.45) is 1.79. The summed E-state index contributed by atoms with van der Waals surface area (Å²) >= 11 is 7.30. The summed E-state index contributed by atoms with van der Waals surface area (Å²) in [6, 6.07) is 15.9. The minimum absolute atomic E-state index is 0.568. The molecule has 0 fully saturated rings. The third-order valence-corrected chi connectivity index (χ3v) is 4.28. The molecular weight excluding hydrogens is 316 g/mol. The lowest BCUT2D eigenvalue weighted by Crippen LogP contribution is -1.97. The molecule has 1 aromatic heterocycles. The molecule has 3 aromatic rings. The van der Waals surface area contributed by atoms with Crippen LogP contribution in [-0.2, 0) is 6.54 Å². The first-order chi connectivity index (χ1) is 10.7. The van der Waals surface area contributed by atoms with Gasteiger partial charge in [-0.2, -0.15) is 0 Å². The Labute approximate surface area is 138 Å². The normalized spacial score (nSPS) is 10.5. The third kappa shape index (κ3) is 3.78. The van der Waals surface area contributed by atoms with Crippen LogP contribution in [0.15, 0.2) is 54.7 Å². The van der Waals surface area contributed by atoms with E-state index in [1.54, 1.807) is 6.20 Å². The second-order valence-electron chi connectivity index (χ2n) is 4.83. The Morgan fingerprint density at radius 3 is 2.59 bits per heavy atom. The van der Waals surface area contributed by atoms with Crippen LogP contribution in [0.1, 0.15) is 10.4 Å². The van der Waals surface area contributed by atoms with Crippen LogP contribution in [0.2, 0.25) is 4.47 Å². The van der Waals surface area contributed by atoms with E-state index >= 15 is 0 Å². The van der Waals surface area contributed by atoms with E-state index in [-0.39, 0.29) is 0 Å². The standard InChI is InChI=1S/C17H15ClN2OS/c1-12-4-2-3-5-16(12)21-14-8-6-13(7-9-14)19-10-15-11-20-17(18)22-15/h2-9,11,19H,10H2,1H3. The van der Waals surface area contributed by atoms with Crippen molar-refractivity contribution in [2.75, 3.05) is 5.32 Å². The highest BCUT2D eigenvalue weighted by molar-refractivity contribution is 7.15. The van der Waals surface area contributed by atoms with E-state index in [4.69, 9.17) is 16.3 Å². The van der Waals surface area contributed by atoms with E-state index in [2.05, 4.69) is 10.3 Å². The maximum atomic E-state index is 5.88. The summed E-state index contributed by atoms with van der Waals surface area (Å²) in [5.74, 6) is 1.70. The number of anilines is 1. The van der Waals surface area contributed by atoms with Gasteiger partial charge in [0.25, 0.3) is 0 Å². The molecule has 0 spiro atoms. The van der Waals surface area contributed by atoms with Crippen LogP contribution < -0.4 is 10.1 Å². The molecule has 1 heterocycles. The zero-order chi connectivity index (χ0) is 15.4. The van der Waals surface area contributed by atoms with Crippen molar-refractivity contribution in [2.45, 2.75) is 13.5 Å². The molecule has 22 heavy (non-hydrogen) atoms. The summed E-state index contributed by atoms with van der Waals surface area (Å²) in [7, 11) is 0. The van der Waals surface area contributed by atoms with Gasteiger partial charge in [0.05, 0.1) is 6.54 Å². The molecule has 0 bridgehead atoms. The van der Waals surface area contributed by atoms with Gasteiger partial charge in [0.1, 0.15) is 11.5 Å². The fourth-order valence-electron chi connectivity index (χ4n) is 1.99. The summed E-state index contributed by atoms with van der Waals surface area (Å²) in [4.78, 5) is 5.12. The van der Waals surface area contributed by atoms with Crippen molar-refractivity contribution in [2.24, 2.45) is 0 Å². The van der Waals surface area contributed by atoms with Crippen molar-refractivity contribution >= 4 is 28.6 Å². The molecule has 0 radical (unpaired) electrons. The number of aryl methyl sites for hydroxylation is 1. The number of thiazole rings is 1. The Kier molecular flexibility index (Phi) is 4.61. The second-order valence-corrected chi connectivity index (χ2v) is 6.52. The van der Waals surface area contributed by atoms with E-state index in [1.807, 2.05) is 55.5 Å².